The number of rotatable bonds is 4. The van der Waals surface area contributed by atoms with Gasteiger partial charge in [-0.25, -0.2) is 0 Å². The molecule has 1 atom stereocenters. The molecule has 1 amide bonds. The number of aliphatic hydroxyl groups excluding tert-OH is 1. The van der Waals surface area contributed by atoms with E-state index >= 15 is 0 Å². The zero-order chi connectivity index (χ0) is 16.1. The molecule has 1 saturated heterocycles. The minimum absolute atomic E-state index is 0.189. The molecule has 4 nitrogen and oxygen atoms in total. The van der Waals surface area contributed by atoms with Crippen LogP contribution in [0.15, 0.2) is 12.1 Å². The van der Waals surface area contributed by atoms with Gasteiger partial charge >= 0.3 is 0 Å². The molecule has 0 radical (unpaired) electrons. The van der Waals surface area contributed by atoms with Crippen LogP contribution in [0, 0.1) is 0 Å². The average Bonchev–Trinajstić information content (AvgIpc) is 3.19. The van der Waals surface area contributed by atoms with Gasteiger partial charge in [0.15, 0.2) is 0 Å². The molecule has 124 valence electrons. The van der Waals surface area contributed by atoms with Gasteiger partial charge in [-0.15, -0.1) is 0 Å². The summed E-state index contributed by atoms with van der Waals surface area (Å²) in [5.41, 5.74) is 4.85. The van der Waals surface area contributed by atoms with Gasteiger partial charge in [0.25, 0.3) is 5.91 Å². The summed E-state index contributed by atoms with van der Waals surface area (Å²) >= 11 is 0. The molecule has 4 heteroatoms. The smallest absolute Gasteiger partial charge is 0.254 e. The van der Waals surface area contributed by atoms with Gasteiger partial charge in [0.2, 0.25) is 0 Å². The summed E-state index contributed by atoms with van der Waals surface area (Å²) in [6.07, 6.45) is 3.19. The SMILES string of the molecule is CC(C)N1Cc2c(cc(CN3CCC(O)C3)cc2C2CC2)C1=O. The second-order valence-electron chi connectivity index (χ2n) is 7.69. The second-order valence-corrected chi connectivity index (χ2v) is 7.69. The Bertz CT molecular complexity index is 637. The third-order valence-corrected chi connectivity index (χ3v) is 5.46. The molecule has 3 aliphatic rings. The predicted molar refractivity (Wildman–Crippen MR) is 89.3 cm³/mol. The molecule has 23 heavy (non-hydrogen) atoms. The van der Waals surface area contributed by atoms with Gasteiger partial charge in [0.05, 0.1) is 6.10 Å². The van der Waals surface area contributed by atoms with Gasteiger partial charge in [0.1, 0.15) is 0 Å². The van der Waals surface area contributed by atoms with Gasteiger partial charge in [-0.1, -0.05) is 6.07 Å². The molecule has 1 saturated carbocycles. The minimum atomic E-state index is -0.189. The highest BCUT2D eigenvalue weighted by atomic mass is 16.3. The fourth-order valence-corrected chi connectivity index (χ4v) is 4.00. The molecule has 1 aromatic rings. The highest BCUT2D eigenvalue weighted by Crippen LogP contribution is 2.45. The van der Waals surface area contributed by atoms with Gasteiger partial charge in [-0.2, -0.15) is 0 Å². The number of fused-ring (bicyclic) bond motifs is 1. The zero-order valence-corrected chi connectivity index (χ0v) is 14.1. The molecule has 2 aliphatic heterocycles. The van der Waals surface area contributed by atoms with Crippen LogP contribution in [-0.2, 0) is 13.1 Å². The normalized spacial score (nSPS) is 24.8. The molecule has 0 aromatic heterocycles. The van der Waals surface area contributed by atoms with E-state index in [4.69, 9.17) is 0 Å². The van der Waals surface area contributed by atoms with Gasteiger partial charge in [-0.05, 0) is 61.8 Å². The standard InChI is InChI=1S/C19H26N2O2/c1-12(2)21-11-18-16(14-3-4-14)7-13(8-17(18)19(21)23)9-20-6-5-15(22)10-20/h7-8,12,14-15,22H,3-6,9-11H2,1-2H3. The Morgan fingerprint density at radius 2 is 2.04 bits per heavy atom. The number of likely N-dealkylation sites (tertiary alicyclic amines) is 1. The monoisotopic (exact) mass is 314 g/mol. The quantitative estimate of drug-likeness (QED) is 0.928. The number of carbonyl (C=O) groups is 1. The first-order valence-corrected chi connectivity index (χ1v) is 8.90. The zero-order valence-electron chi connectivity index (χ0n) is 14.1. The van der Waals surface area contributed by atoms with Crippen molar-refractivity contribution in [2.45, 2.75) is 64.3 Å². The lowest BCUT2D eigenvalue weighted by Crippen LogP contribution is -2.30. The predicted octanol–water partition coefficient (Wildman–Crippen LogP) is 2.49. The molecule has 1 N–H and O–H groups in total. The maximum absolute atomic E-state index is 12.7. The largest absolute Gasteiger partial charge is 0.392 e. The van der Waals surface area contributed by atoms with Crippen molar-refractivity contribution in [3.05, 3.63) is 34.4 Å². The van der Waals surface area contributed by atoms with Crippen LogP contribution in [0.25, 0.3) is 0 Å². The Morgan fingerprint density at radius 3 is 2.65 bits per heavy atom. The van der Waals surface area contributed by atoms with E-state index in [1.165, 1.54) is 29.5 Å². The van der Waals surface area contributed by atoms with Crippen LogP contribution in [0.4, 0.5) is 0 Å². The Labute approximate surface area is 138 Å². The first-order chi connectivity index (χ1) is 11.0. The highest BCUT2D eigenvalue weighted by Gasteiger charge is 2.36. The molecule has 0 spiro atoms. The van der Waals surface area contributed by atoms with E-state index in [0.29, 0.717) is 5.92 Å². The fraction of sp³-hybridized carbons (Fsp3) is 0.632. The second kappa shape index (κ2) is 5.60. The Hall–Kier alpha value is -1.39. The van der Waals surface area contributed by atoms with Gasteiger partial charge in [0, 0.05) is 37.8 Å². The first-order valence-electron chi connectivity index (χ1n) is 8.90. The number of carbonyl (C=O) groups excluding carboxylic acids is 1. The summed E-state index contributed by atoms with van der Waals surface area (Å²) < 4.78 is 0. The van der Waals surface area contributed by atoms with E-state index < -0.39 is 0 Å². The van der Waals surface area contributed by atoms with E-state index in [-0.39, 0.29) is 18.1 Å². The number of amides is 1. The number of aliphatic hydroxyl groups is 1. The highest BCUT2D eigenvalue weighted by molar-refractivity contribution is 5.99. The summed E-state index contributed by atoms with van der Waals surface area (Å²) in [4.78, 5) is 17.0. The maximum atomic E-state index is 12.7. The lowest BCUT2D eigenvalue weighted by atomic mass is 9.96. The summed E-state index contributed by atoms with van der Waals surface area (Å²) in [5, 5.41) is 9.72. The van der Waals surface area contributed by atoms with Crippen molar-refractivity contribution < 1.29 is 9.90 Å². The van der Waals surface area contributed by atoms with E-state index in [1.54, 1.807) is 0 Å². The Kier molecular flexibility index (Phi) is 3.69. The molecule has 0 bridgehead atoms. The number of nitrogens with zero attached hydrogens (tertiary/aromatic N) is 2. The van der Waals surface area contributed by atoms with Crippen molar-refractivity contribution in [3.8, 4) is 0 Å². The van der Waals surface area contributed by atoms with E-state index in [0.717, 1.165) is 38.2 Å². The molecule has 1 aromatic carbocycles. The Balaban J connectivity index is 1.65. The van der Waals surface area contributed by atoms with Crippen molar-refractivity contribution in [1.29, 1.82) is 0 Å². The van der Waals surface area contributed by atoms with Gasteiger partial charge < -0.3 is 10.0 Å². The van der Waals surface area contributed by atoms with E-state index in [9.17, 15) is 9.90 Å². The van der Waals surface area contributed by atoms with Crippen LogP contribution >= 0.6 is 0 Å². The van der Waals surface area contributed by atoms with E-state index in [1.807, 2.05) is 4.90 Å². The molecular formula is C19H26N2O2. The first kappa shape index (κ1) is 15.2. The van der Waals surface area contributed by atoms with Crippen molar-refractivity contribution in [1.82, 2.24) is 9.80 Å². The van der Waals surface area contributed by atoms with Gasteiger partial charge in [-0.3, -0.25) is 9.69 Å². The number of hydrogen-bond acceptors (Lipinski definition) is 3. The number of benzene rings is 1. The van der Waals surface area contributed by atoms with Crippen LogP contribution in [0.2, 0.25) is 0 Å². The van der Waals surface area contributed by atoms with E-state index in [2.05, 4.69) is 30.9 Å². The summed E-state index contributed by atoms with van der Waals surface area (Å²) in [7, 11) is 0. The molecule has 4 rings (SSSR count). The summed E-state index contributed by atoms with van der Waals surface area (Å²) in [5.74, 6) is 0.855. The lowest BCUT2D eigenvalue weighted by molar-refractivity contribution is 0.0730. The minimum Gasteiger partial charge on any atom is -0.392 e. The summed E-state index contributed by atoms with van der Waals surface area (Å²) in [6.45, 7) is 7.50. The average molecular weight is 314 g/mol. The van der Waals surface area contributed by atoms with Crippen molar-refractivity contribution >= 4 is 5.91 Å². The lowest BCUT2D eigenvalue weighted by Gasteiger charge is -2.20. The maximum Gasteiger partial charge on any atom is 0.254 e. The number of hydrogen-bond donors (Lipinski definition) is 1. The number of β-amino-alcohol motifs (C(OH)–C–C–N with tert-alkyl or cyclic N) is 1. The van der Waals surface area contributed by atoms with Crippen LogP contribution in [-0.4, -0.2) is 46.0 Å². The molecule has 1 aliphatic carbocycles. The fourth-order valence-electron chi connectivity index (χ4n) is 4.00. The molecular weight excluding hydrogens is 288 g/mol. The van der Waals surface area contributed by atoms with Crippen molar-refractivity contribution in [2.75, 3.05) is 13.1 Å². The molecule has 2 heterocycles. The Morgan fingerprint density at radius 1 is 1.26 bits per heavy atom. The van der Waals surface area contributed by atoms with Crippen LogP contribution in [0.1, 0.15) is 66.1 Å². The van der Waals surface area contributed by atoms with Crippen molar-refractivity contribution in [3.63, 3.8) is 0 Å². The third-order valence-electron chi connectivity index (χ3n) is 5.46. The van der Waals surface area contributed by atoms with Crippen LogP contribution in [0.3, 0.4) is 0 Å². The van der Waals surface area contributed by atoms with Crippen molar-refractivity contribution in [2.24, 2.45) is 0 Å². The molecule has 2 fully saturated rings. The summed E-state index contributed by atoms with van der Waals surface area (Å²) in [6, 6.07) is 4.69. The van der Waals surface area contributed by atoms with Crippen LogP contribution in [0.5, 0.6) is 0 Å². The molecule has 1 unspecified atom stereocenters. The third kappa shape index (κ3) is 2.79. The topological polar surface area (TPSA) is 43.8 Å². The van der Waals surface area contributed by atoms with Crippen LogP contribution < -0.4 is 0 Å².